The van der Waals surface area contributed by atoms with Crippen LogP contribution < -0.4 is 10.9 Å². The minimum absolute atomic E-state index is 0.102. The molecule has 0 radical (unpaired) electrons. The number of amides is 1. The van der Waals surface area contributed by atoms with Crippen LogP contribution in [0.3, 0.4) is 0 Å². The first-order valence-corrected chi connectivity index (χ1v) is 9.15. The number of nitrogens with one attached hydrogen (secondary N) is 1. The number of carbonyl (C=O) groups is 1. The van der Waals surface area contributed by atoms with Gasteiger partial charge in [0.05, 0.1) is 11.9 Å². The highest BCUT2D eigenvalue weighted by Gasteiger charge is 2.23. The van der Waals surface area contributed by atoms with Gasteiger partial charge in [-0.25, -0.2) is 4.68 Å². The van der Waals surface area contributed by atoms with Gasteiger partial charge in [0.25, 0.3) is 11.5 Å². The number of hydrogen-bond donors (Lipinski definition) is 1. The van der Waals surface area contributed by atoms with E-state index in [-0.39, 0.29) is 11.5 Å². The summed E-state index contributed by atoms with van der Waals surface area (Å²) in [6, 6.07) is 9.41. The Morgan fingerprint density at radius 1 is 1.28 bits per heavy atom. The maximum Gasteiger partial charge on any atom is 0.282 e. The molecule has 0 aliphatic carbocycles. The van der Waals surface area contributed by atoms with Gasteiger partial charge >= 0.3 is 0 Å². The molecule has 0 unspecified atom stereocenters. The van der Waals surface area contributed by atoms with Crippen molar-refractivity contribution in [3.05, 3.63) is 56.9 Å². The van der Waals surface area contributed by atoms with Crippen molar-refractivity contribution in [1.82, 2.24) is 14.7 Å². The number of aryl methyl sites for hydroxylation is 1. The van der Waals surface area contributed by atoms with Crippen LogP contribution in [0, 0.1) is 5.92 Å². The smallest absolute Gasteiger partial charge is 0.282 e. The Hall–Kier alpha value is -2.15. The number of carbonyl (C=O) groups excluding carboxylic acids is 1. The molecule has 2 aromatic rings. The van der Waals surface area contributed by atoms with Gasteiger partial charge in [-0.3, -0.25) is 9.59 Å². The van der Waals surface area contributed by atoms with E-state index in [1.165, 1.54) is 4.68 Å². The number of hydrogen-bond acceptors (Lipinski definition) is 4. The fourth-order valence-electron chi connectivity index (χ4n) is 2.99. The van der Waals surface area contributed by atoms with Crippen LogP contribution in [0.25, 0.3) is 0 Å². The highest BCUT2D eigenvalue weighted by molar-refractivity contribution is 9.10. The molecule has 1 aromatic carbocycles. The van der Waals surface area contributed by atoms with Gasteiger partial charge in [0, 0.05) is 32.2 Å². The van der Waals surface area contributed by atoms with Crippen molar-refractivity contribution in [2.45, 2.75) is 12.8 Å². The minimum atomic E-state index is -0.159. The molecule has 1 fully saturated rings. The van der Waals surface area contributed by atoms with Crippen LogP contribution in [0.4, 0.5) is 5.69 Å². The predicted molar refractivity (Wildman–Crippen MR) is 101 cm³/mol. The Morgan fingerprint density at radius 3 is 2.64 bits per heavy atom. The number of rotatable bonds is 4. The minimum Gasteiger partial charge on any atom is -0.382 e. The molecule has 1 amide bonds. The number of aromatic nitrogens is 2. The highest BCUT2D eigenvalue weighted by atomic mass is 79.9. The molecule has 3 rings (SSSR count). The van der Waals surface area contributed by atoms with Crippen LogP contribution in [0.1, 0.15) is 23.2 Å². The molecule has 2 heterocycles. The molecule has 0 saturated carbocycles. The average Bonchev–Trinajstić information content (AvgIpc) is 2.66. The molecule has 132 valence electrons. The van der Waals surface area contributed by atoms with Crippen molar-refractivity contribution < 1.29 is 4.79 Å². The highest BCUT2D eigenvalue weighted by Crippen LogP contribution is 2.21. The molecule has 1 saturated heterocycles. The first kappa shape index (κ1) is 17.7. The molecule has 0 atom stereocenters. The van der Waals surface area contributed by atoms with Crippen LogP contribution in [0.15, 0.2) is 45.8 Å². The van der Waals surface area contributed by atoms with Gasteiger partial charge in [0.2, 0.25) is 0 Å². The van der Waals surface area contributed by atoms with Crippen molar-refractivity contribution >= 4 is 27.5 Å². The van der Waals surface area contributed by atoms with Crippen molar-refractivity contribution in [2.75, 3.05) is 25.0 Å². The molecule has 1 aliphatic heterocycles. The van der Waals surface area contributed by atoms with E-state index in [0.29, 0.717) is 16.1 Å². The first-order chi connectivity index (χ1) is 12.1. The summed E-state index contributed by atoms with van der Waals surface area (Å²) in [5, 5.41) is 7.33. The van der Waals surface area contributed by atoms with Gasteiger partial charge in [-0.2, -0.15) is 5.10 Å². The van der Waals surface area contributed by atoms with Gasteiger partial charge in [0.1, 0.15) is 4.47 Å². The van der Waals surface area contributed by atoms with E-state index in [2.05, 4.69) is 26.3 Å². The van der Waals surface area contributed by atoms with E-state index in [1.807, 2.05) is 35.2 Å². The summed E-state index contributed by atoms with van der Waals surface area (Å²) in [5.74, 6) is 0.571. The van der Waals surface area contributed by atoms with E-state index >= 15 is 0 Å². The number of likely N-dealkylation sites (tertiary alicyclic amines) is 1. The zero-order valence-corrected chi connectivity index (χ0v) is 15.7. The number of nitrogens with zero attached hydrogens (tertiary/aromatic N) is 3. The van der Waals surface area contributed by atoms with Crippen molar-refractivity contribution in [1.29, 1.82) is 0 Å². The second-order valence-corrected chi connectivity index (χ2v) is 7.08. The third kappa shape index (κ3) is 4.10. The largest absolute Gasteiger partial charge is 0.382 e. The number of halogens is 1. The van der Waals surface area contributed by atoms with Gasteiger partial charge in [-0.15, -0.1) is 0 Å². The van der Waals surface area contributed by atoms with Gasteiger partial charge in [-0.05, 0) is 46.8 Å². The summed E-state index contributed by atoms with van der Waals surface area (Å²) < 4.78 is 1.80. The molecule has 0 bridgehead atoms. The predicted octanol–water partition coefficient (Wildman–Crippen LogP) is 2.51. The molecule has 1 N–H and O–H groups in total. The maximum absolute atomic E-state index is 12.5. The molecular weight excluding hydrogens is 384 g/mol. The molecule has 7 heteroatoms. The second-order valence-electron chi connectivity index (χ2n) is 6.28. The maximum atomic E-state index is 12.5. The lowest BCUT2D eigenvalue weighted by molar-refractivity contribution is 0.0695. The van der Waals surface area contributed by atoms with Crippen LogP contribution in [-0.2, 0) is 7.05 Å². The topological polar surface area (TPSA) is 67.2 Å². The summed E-state index contributed by atoms with van der Waals surface area (Å²) >= 11 is 3.32. The summed E-state index contributed by atoms with van der Waals surface area (Å²) in [6.07, 6.45) is 3.54. The Morgan fingerprint density at radius 2 is 1.96 bits per heavy atom. The molecule has 1 aliphatic rings. The summed E-state index contributed by atoms with van der Waals surface area (Å²) in [5.41, 5.74) is 1.30. The average molecular weight is 405 g/mol. The zero-order chi connectivity index (χ0) is 17.8. The Labute approximate surface area is 155 Å². The van der Waals surface area contributed by atoms with Crippen LogP contribution in [0.2, 0.25) is 0 Å². The van der Waals surface area contributed by atoms with Crippen molar-refractivity contribution in [3.8, 4) is 0 Å². The molecule has 1 aromatic heterocycles. The van der Waals surface area contributed by atoms with E-state index in [1.54, 1.807) is 13.2 Å². The van der Waals surface area contributed by atoms with Crippen molar-refractivity contribution in [2.24, 2.45) is 13.0 Å². The van der Waals surface area contributed by atoms with Gasteiger partial charge in [-0.1, -0.05) is 18.2 Å². The third-order valence-corrected chi connectivity index (χ3v) is 5.35. The number of piperidine rings is 1. The lowest BCUT2D eigenvalue weighted by Gasteiger charge is -2.32. The molecular formula is C18H21BrN4O2. The fourth-order valence-corrected chi connectivity index (χ4v) is 3.49. The Balaban J connectivity index is 1.52. The monoisotopic (exact) mass is 404 g/mol. The SMILES string of the molecule is Cn1ncc(NCC2CCN(C(=O)c3ccccc3)CC2)c(Br)c1=O. The molecule has 0 spiro atoms. The third-order valence-electron chi connectivity index (χ3n) is 4.58. The van der Waals surface area contributed by atoms with Crippen LogP contribution in [0.5, 0.6) is 0 Å². The quantitative estimate of drug-likeness (QED) is 0.849. The van der Waals surface area contributed by atoms with E-state index < -0.39 is 0 Å². The van der Waals surface area contributed by atoms with E-state index in [4.69, 9.17) is 0 Å². The van der Waals surface area contributed by atoms with Crippen molar-refractivity contribution in [3.63, 3.8) is 0 Å². The van der Waals surface area contributed by atoms with Gasteiger partial charge < -0.3 is 10.2 Å². The Kier molecular flexibility index (Phi) is 5.53. The lowest BCUT2D eigenvalue weighted by Crippen LogP contribution is -2.40. The standard InChI is InChI=1S/C18H21BrN4O2/c1-22-18(25)16(19)15(12-21-22)20-11-13-7-9-23(10-8-13)17(24)14-5-3-2-4-6-14/h2-6,12-13,20H,7-11H2,1H3. The lowest BCUT2D eigenvalue weighted by atomic mass is 9.96. The summed E-state index contributed by atoms with van der Waals surface area (Å²) in [7, 11) is 1.62. The number of benzene rings is 1. The molecule has 25 heavy (non-hydrogen) atoms. The first-order valence-electron chi connectivity index (χ1n) is 8.36. The molecule has 6 nitrogen and oxygen atoms in total. The van der Waals surface area contributed by atoms with Crippen LogP contribution >= 0.6 is 15.9 Å². The van der Waals surface area contributed by atoms with Crippen LogP contribution in [-0.4, -0.2) is 40.2 Å². The number of anilines is 1. The van der Waals surface area contributed by atoms with E-state index in [9.17, 15) is 9.59 Å². The zero-order valence-electron chi connectivity index (χ0n) is 14.1. The fraction of sp³-hybridized carbons (Fsp3) is 0.389. The summed E-state index contributed by atoms with van der Waals surface area (Å²) in [6.45, 7) is 2.28. The van der Waals surface area contributed by atoms with Gasteiger partial charge in [0.15, 0.2) is 0 Å². The Bertz CT molecular complexity index is 798. The normalized spacial score (nSPS) is 15.2. The summed E-state index contributed by atoms with van der Waals surface area (Å²) in [4.78, 5) is 26.2. The van der Waals surface area contributed by atoms with E-state index in [0.717, 1.165) is 38.0 Å². The second kappa shape index (κ2) is 7.82.